The lowest BCUT2D eigenvalue weighted by molar-refractivity contribution is -0.137. The maximum Gasteiger partial charge on any atom is 0.416 e. The van der Waals surface area contributed by atoms with Gasteiger partial charge in [0, 0.05) is 24.0 Å². The van der Waals surface area contributed by atoms with Gasteiger partial charge in [0.25, 0.3) is 5.91 Å². The number of nitrogens with one attached hydrogen (secondary N) is 3. The molecule has 3 atom stereocenters. The zero-order valence-electron chi connectivity index (χ0n) is 23.3. The van der Waals surface area contributed by atoms with E-state index in [2.05, 4.69) is 16.0 Å². The summed E-state index contributed by atoms with van der Waals surface area (Å²) in [5, 5.41) is 17.6. The number of nitrogens with zero attached hydrogens (tertiary/aromatic N) is 1. The predicted octanol–water partition coefficient (Wildman–Crippen LogP) is 3.51. The minimum absolute atomic E-state index is 0.103. The van der Waals surface area contributed by atoms with Gasteiger partial charge in [-0.2, -0.15) is 13.2 Å². The highest BCUT2D eigenvalue weighted by Gasteiger charge is 2.35. The van der Waals surface area contributed by atoms with Crippen molar-refractivity contribution in [2.45, 2.75) is 53.8 Å². The molecule has 4 amide bonds. The third-order valence-corrected chi connectivity index (χ3v) is 10.2. The highest BCUT2D eigenvalue weighted by Crippen LogP contribution is 2.32. The Kier molecular flexibility index (Phi) is 10.3. The van der Waals surface area contributed by atoms with Crippen LogP contribution in [0, 0.1) is 5.92 Å². The first-order valence-corrected chi connectivity index (χ1v) is 16.5. The molecule has 2 aromatic carbocycles. The van der Waals surface area contributed by atoms with E-state index in [-0.39, 0.29) is 22.8 Å². The van der Waals surface area contributed by atoms with Gasteiger partial charge in [-0.05, 0) is 80.3 Å². The molecule has 234 valence electrons. The molecule has 2 aromatic rings. The largest absolute Gasteiger partial charge is 0.416 e. The van der Waals surface area contributed by atoms with Crippen molar-refractivity contribution in [3.05, 3.63) is 53.6 Å². The van der Waals surface area contributed by atoms with Crippen molar-refractivity contribution in [2.24, 2.45) is 5.92 Å². The zero-order valence-corrected chi connectivity index (χ0v) is 24.9. The lowest BCUT2D eigenvalue weighted by Crippen LogP contribution is -2.50. The standard InChI is InChI=1S/C28H33F3N4O6S2/c1-42-20-6-8-21(9-7-20)43(40,41)16-17-3-5-19(36)14-24(17)33-25(37)15-32-26(38)22-13-18(28(29,30)31)4-10-23(22)34-27(39)35-11-2-12-35/h4,6-10,13,17,19,24,36H,2-3,5,11-12,14-16H2,1H3,(H,32,38)(H,33,37)(H,34,39)/t17-,19-,24-/m0/s1. The lowest BCUT2D eigenvalue weighted by atomic mass is 9.84. The minimum atomic E-state index is -4.75. The van der Waals surface area contributed by atoms with Gasteiger partial charge in [-0.1, -0.05) is 0 Å². The Morgan fingerprint density at radius 2 is 1.77 bits per heavy atom. The van der Waals surface area contributed by atoms with Crippen LogP contribution < -0.4 is 16.0 Å². The van der Waals surface area contributed by atoms with Gasteiger partial charge in [0.1, 0.15) is 0 Å². The molecule has 0 radical (unpaired) electrons. The van der Waals surface area contributed by atoms with Crippen LogP contribution in [-0.4, -0.2) is 80.1 Å². The van der Waals surface area contributed by atoms with Gasteiger partial charge in [0.05, 0.1) is 40.1 Å². The van der Waals surface area contributed by atoms with Crippen LogP contribution in [0.1, 0.15) is 41.6 Å². The SMILES string of the molecule is CSc1ccc(S(=O)(=O)C[C@@H]2CC[C@H](O)C[C@@H]2NC(=O)CNC(=O)c2cc(C(F)(F)F)ccc2NC(=O)N2CCC2)cc1. The van der Waals surface area contributed by atoms with E-state index in [0.717, 1.165) is 23.4 Å². The average molecular weight is 643 g/mol. The number of hydrogen-bond acceptors (Lipinski definition) is 7. The van der Waals surface area contributed by atoms with Crippen molar-refractivity contribution >= 4 is 45.1 Å². The molecule has 43 heavy (non-hydrogen) atoms. The van der Waals surface area contributed by atoms with Crippen LogP contribution in [-0.2, 0) is 20.8 Å². The summed E-state index contributed by atoms with van der Waals surface area (Å²) in [5.74, 6) is -2.51. The third kappa shape index (κ3) is 8.42. The number of anilines is 1. The number of rotatable bonds is 9. The van der Waals surface area contributed by atoms with Crippen LogP contribution in [0.25, 0.3) is 0 Å². The number of sulfone groups is 1. The summed E-state index contributed by atoms with van der Waals surface area (Å²) in [6.07, 6.45) is -2.05. The van der Waals surface area contributed by atoms with E-state index in [1.165, 1.54) is 28.8 Å². The zero-order chi connectivity index (χ0) is 31.4. The maximum absolute atomic E-state index is 13.4. The number of carbonyl (C=O) groups is 3. The molecule has 0 unspecified atom stereocenters. The maximum atomic E-state index is 13.4. The summed E-state index contributed by atoms with van der Waals surface area (Å²) in [6.45, 7) is 0.337. The van der Waals surface area contributed by atoms with Gasteiger partial charge < -0.3 is 26.0 Å². The number of halogens is 3. The predicted molar refractivity (Wildman–Crippen MR) is 155 cm³/mol. The number of urea groups is 1. The fourth-order valence-corrected chi connectivity index (χ4v) is 7.11. The Labute approximate surface area is 251 Å². The quantitative estimate of drug-likeness (QED) is 0.307. The molecule has 1 aliphatic heterocycles. The Balaban J connectivity index is 1.42. The van der Waals surface area contributed by atoms with Crippen LogP contribution >= 0.6 is 11.8 Å². The average Bonchev–Trinajstić information content (AvgIpc) is 2.91. The molecule has 10 nitrogen and oxygen atoms in total. The van der Waals surface area contributed by atoms with Crippen molar-refractivity contribution in [1.82, 2.24) is 15.5 Å². The summed E-state index contributed by atoms with van der Waals surface area (Å²) in [7, 11) is -3.71. The molecule has 4 rings (SSSR count). The van der Waals surface area contributed by atoms with Crippen molar-refractivity contribution in [3.63, 3.8) is 0 Å². The second-order valence-corrected chi connectivity index (χ2v) is 13.5. The fourth-order valence-electron chi connectivity index (χ4n) is 4.99. The molecular weight excluding hydrogens is 609 g/mol. The molecule has 0 bridgehead atoms. The molecule has 1 saturated carbocycles. The minimum Gasteiger partial charge on any atom is -0.393 e. The molecule has 2 fully saturated rings. The van der Waals surface area contributed by atoms with Gasteiger partial charge in [-0.25, -0.2) is 13.2 Å². The molecule has 2 aliphatic rings. The number of alkyl halides is 3. The molecule has 0 spiro atoms. The number of aliphatic hydroxyl groups excluding tert-OH is 1. The smallest absolute Gasteiger partial charge is 0.393 e. The van der Waals surface area contributed by atoms with Gasteiger partial charge >= 0.3 is 12.2 Å². The van der Waals surface area contributed by atoms with E-state index in [1.807, 2.05) is 6.26 Å². The van der Waals surface area contributed by atoms with Crippen LogP contribution in [0.3, 0.4) is 0 Å². The molecule has 4 N–H and O–H groups in total. The Morgan fingerprint density at radius 3 is 2.37 bits per heavy atom. The highest BCUT2D eigenvalue weighted by molar-refractivity contribution is 7.98. The molecular formula is C28H33F3N4O6S2. The number of carbonyl (C=O) groups excluding carboxylic acids is 3. The molecule has 15 heteroatoms. The number of aliphatic hydroxyl groups is 1. The monoisotopic (exact) mass is 642 g/mol. The van der Waals surface area contributed by atoms with E-state index in [1.54, 1.807) is 12.1 Å². The number of likely N-dealkylation sites (tertiary alicyclic amines) is 1. The summed E-state index contributed by atoms with van der Waals surface area (Å²) in [5.41, 5.74) is -1.72. The number of thioether (sulfide) groups is 1. The molecule has 0 aromatic heterocycles. The highest BCUT2D eigenvalue weighted by atomic mass is 32.2. The Morgan fingerprint density at radius 1 is 1.07 bits per heavy atom. The van der Waals surface area contributed by atoms with E-state index < -0.39 is 69.6 Å². The number of hydrogen-bond donors (Lipinski definition) is 4. The molecule has 1 aliphatic carbocycles. The Hall–Kier alpha value is -3.30. The van der Waals surface area contributed by atoms with E-state index >= 15 is 0 Å². The van der Waals surface area contributed by atoms with Crippen molar-refractivity contribution in [2.75, 3.05) is 37.0 Å². The lowest BCUT2D eigenvalue weighted by Gasteiger charge is -2.34. The summed E-state index contributed by atoms with van der Waals surface area (Å²) >= 11 is 1.48. The Bertz CT molecular complexity index is 1450. The van der Waals surface area contributed by atoms with Crippen molar-refractivity contribution in [1.29, 1.82) is 0 Å². The van der Waals surface area contributed by atoms with Crippen LogP contribution in [0.15, 0.2) is 52.3 Å². The van der Waals surface area contributed by atoms with Gasteiger partial charge in [-0.3, -0.25) is 9.59 Å². The second kappa shape index (κ2) is 13.6. The normalized spacial score (nSPS) is 20.6. The van der Waals surface area contributed by atoms with E-state index in [4.69, 9.17) is 0 Å². The van der Waals surface area contributed by atoms with Gasteiger partial charge in [-0.15, -0.1) is 11.8 Å². The topological polar surface area (TPSA) is 145 Å². The summed E-state index contributed by atoms with van der Waals surface area (Å²) in [6, 6.07) is 7.51. The van der Waals surface area contributed by atoms with Crippen LogP contribution in [0.2, 0.25) is 0 Å². The summed E-state index contributed by atoms with van der Waals surface area (Å²) < 4.78 is 66.3. The van der Waals surface area contributed by atoms with E-state index in [0.29, 0.717) is 32.0 Å². The first-order valence-electron chi connectivity index (χ1n) is 13.7. The van der Waals surface area contributed by atoms with Gasteiger partial charge in [0.15, 0.2) is 9.84 Å². The van der Waals surface area contributed by atoms with Crippen LogP contribution in [0.4, 0.5) is 23.7 Å². The van der Waals surface area contributed by atoms with Crippen molar-refractivity contribution in [3.8, 4) is 0 Å². The third-order valence-electron chi connectivity index (χ3n) is 7.55. The number of amides is 4. The summed E-state index contributed by atoms with van der Waals surface area (Å²) in [4.78, 5) is 40.6. The molecule has 1 saturated heterocycles. The fraction of sp³-hybridized carbons (Fsp3) is 0.464. The first-order chi connectivity index (χ1) is 20.3. The first kappa shape index (κ1) is 32.6. The van der Waals surface area contributed by atoms with E-state index in [9.17, 15) is 41.1 Å². The van der Waals surface area contributed by atoms with Crippen LogP contribution in [0.5, 0.6) is 0 Å². The van der Waals surface area contributed by atoms with Gasteiger partial charge in [0.2, 0.25) is 5.91 Å². The number of benzene rings is 2. The molecule has 1 heterocycles. The van der Waals surface area contributed by atoms with Crippen molar-refractivity contribution < 1.29 is 41.1 Å². The second-order valence-electron chi connectivity index (χ2n) is 10.6.